The van der Waals surface area contributed by atoms with E-state index in [9.17, 15) is 4.79 Å². The van der Waals surface area contributed by atoms with Crippen LogP contribution >= 0.6 is 15.9 Å². The molecule has 2 aromatic rings. The molecule has 0 saturated heterocycles. The molecular formula is C13H11BrO2. The van der Waals surface area contributed by atoms with Crippen LogP contribution in [0.4, 0.5) is 0 Å². The second-order valence-corrected chi connectivity index (χ2v) is 4.49. The first-order valence-electron chi connectivity index (χ1n) is 4.96. The molecule has 3 heteroatoms. The standard InChI is InChI=1S/C13H11BrO2/c1-8-10(4-3-5-11(8)14)13-7-6-12(16-13)9(2)15/h3-7H,1-2H3. The van der Waals surface area contributed by atoms with Crippen molar-refractivity contribution in [3.8, 4) is 11.3 Å². The molecule has 0 atom stereocenters. The third-order valence-electron chi connectivity index (χ3n) is 2.49. The van der Waals surface area contributed by atoms with E-state index >= 15 is 0 Å². The normalized spacial score (nSPS) is 10.4. The number of rotatable bonds is 2. The highest BCUT2D eigenvalue weighted by molar-refractivity contribution is 9.10. The molecule has 0 fully saturated rings. The highest BCUT2D eigenvalue weighted by Gasteiger charge is 2.10. The zero-order valence-electron chi connectivity index (χ0n) is 9.08. The molecule has 0 aliphatic carbocycles. The second kappa shape index (κ2) is 4.26. The van der Waals surface area contributed by atoms with E-state index in [-0.39, 0.29) is 5.78 Å². The molecule has 0 aliphatic heterocycles. The van der Waals surface area contributed by atoms with Crippen LogP contribution in [-0.4, -0.2) is 5.78 Å². The number of hydrogen-bond acceptors (Lipinski definition) is 2. The van der Waals surface area contributed by atoms with E-state index < -0.39 is 0 Å². The van der Waals surface area contributed by atoms with Crippen LogP contribution in [0, 0.1) is 6.92 Å². The monoisotopic (exact) mass is 278 g/mol. The summed E-state index contributed by atoms with van der Waals surface area (Å²) in [5, 5.41) is 0. The molecule has 0 N–H and O–H groups in total. The van der Waals surface area contributed by atoms with Gasteiger partial charge in [-0.25, -0.2) is 0 Å². The molecule has 1 aromatic heterocycles. The summed E-state index contributed by atoms with van der Waals surface area (Å²) in [5.74, 6) is 1.07. The van der Waals surface area contributed by atoms with Crippen LogP contribution in [0.3, 0.4) is 0 Å². The van der Waals surface area contributed by atoms with Crippen molar-refractivity contribution in [2.24, 2.45) is 0 Å². The van der Waals surface area contributed by atoms with Crippen molar-refractivity contribution in [3.05, 3.63) is 46.1 Å². The number of halogens is 1. The maximum absolute atomic E-state index is 11.1. The summed E-state index contributed by atoms with van der Waals surface area (Å²) in [5.41, 5.74) is 2.11. The van der Waals surface area contributed by atoms with Crippen molar-refractivity contribution in [2.75, 3.05) is 0 Å². The van der Waals surface area contributed by atoms with E-state index in [0.29, 0.717) is 5.76 Å². The molecule has 0 saturated carbocycles. The van der Waals surface area contributed by atoms with Gasteiger partial charge in [0.25, 0.3) is 0 Å². The van der Waals surface area contributed by atoms with Gasteiger partial charge in [0.2, 0.25) is 0 Å². The molecule has 1 heterocycles. The Kier molecular flexibility index (Phi) is 2.97. The maximum Gasteiger partial charge on any atom is 0.194 e. The fraction of sp³-hybridized carbons (Fsp3) is 0.154. The molecule has 2 nitrogen and oxygen atoms in total. The predicted molar refractivity (Wildman–Crippen MR) is 66.6 cm³/mol. The molecule has 0 amide bonds. The molecule has 16 heavy (non-hydrogen) atoms. The van der Waals surface area contributed by atoms with Crippen LogP contribution in [0.2, 0.25) is 0 Å². The van der Waals surface area contributed by atoms with E-state index in [2.05, 4.69) is 15.9 Å². The van der Waals surface area contributed by atoms with Crippen molar-refractivity contribution in [3.63, 3.8) is 0 Å². The molecule has 1 aromatic carbocycles. The van der Waals surface area contributed by atoms with Gasteiger partial charge in [0.15, 0.2) is 11.5 Å². The van der Waals surface area contributed by atoms with Gasteiger partial charge in [-0.3, -0.25) is 4.79 Å². The van der Waals surface area contributed by atoms with Crippen LogP contribution in [-0.2, 0) is 0 Å². The summed E-state index contributed by atoms with van der Waals surface area (Å²) in [4.78, 5) is 11.1. The van der Waals surface area contributed by atoms with E-state index in [4.69, 9.17) is 4.42 Å². The number of furan rings is 1. The second-order valence-electron chi connectivity index (χ2n) is 3.63. The Balaban J connectivity index is 2.50. The zero-order valence-corrected chi connectivity index (χ0v) is 10.7. The lowest BCUT2D eigenvalue weighted by Gasteiger charge is -2.04. The molecule has 0 aliphatic rings. The van der Waals surface area contributed by atoms with Gasteiger partial charge >= 0.3 is 0 Å². The van der Waals surface area contributed by atoms with Gasteiger partial charge in [0.05, 0.1) is 0 Å². The predicted octanol–water partition coefficient (Wildman–Crippen LogP) is 4.22. The van der Waals surface area contributed by atoms with Crippen molar-refractivity contribution in [1.29, 1.82) is 0 Å². The molecule has 0 bridgehead atoms. The Hall–Kier alpha value is -1.35. The Morgan fingerprint density at radius 2 is 2.00 bits per heavy atom. The van der Waals surface area contributed by atoms with Crippen molar-refractivity contribution in [2.45, 2.75) is 13.8 Å². The zero-order chi connectivity index (χ0) is 11.7. The average molecular weight is 279 g/mol. The molecule has 0 unspecified atom stereocenters. The summed E-state index contributed by atoms with van der Waals surface area (Å²) in [6.07, 6.45) is 0. The molecule has 0 spiro atoms. The average Bonchev–Trinajstić information content (AvgIpc) is 2.71. The van der Waals surface area contributed by atoms with E-state index in [1.807, 2.05) is 31.2 Å². The number of carbonyl (C=O) groups is 1. The van der Waals surface area contributed by atoms with Crippen LogP contribution < -0.4 is 0 Å². The van der Waals surface area contributed by atoms with Gasteiger partial charge in [-0.15, -0.1) is 0 Å². The number of ketones is 1. The smallest absolute Gasteiger partial charge is 0.194 e. The quantitative estimate of drug-likeness (QED) is 0.770. The fourth-order valence-electron chi connectivity index (χ4n) is 1.55. The largest absolute Gasteiger partial charge is 0.453 e. The number of hydrogen-bond donors (Lipinski definition) is 0. The van der Waals surface area contributed by atoms with Gasteiger partial charge in [-0.05, 0) is 30.7 Å². The van der Waals surface area contributed by atoms with Crippen LogP contribution in [0.25, 0.3) is 11.3 Å². The van der Waals surface area contributed by atoms with Gasteiger partial charge in [-0.2, -0.15) is 0 Å². The summed E-state index contributed by atoms with van der Waals surface area (Å²) < 4.78 is 6.53. The van der Waals surface area contributed by atoms with Gasteiger partial charge in [-0.1, -0.05) is 28.1 Å². The lowest BCUT2D eigenvalue weighted by Crippen LogP contribution is -1.86. The van der Waals surface area contributed by atoms with Crippen LogP contribution in [0.15, 0.2) is 39.2 Å². The summed E-state index contributed by atoms with van der Waals surface area (Å²) in [6.45, 7) is 3.51. The first-order chi connectivity index (χ1) is 7.59. The Morgan fingerprint density at radius 1 is 1.25 bits per heavy atom. The van der Waals surface area contributed by atoms with Crippen LogP contribution in [0.5, 0.6) is 0 Å². The van der Waals surface area contributed by atoms with Crippen molar-refractivity contribution in [1.82, 2.24) is 0 Å². The third-order valence-corrected chi connectivity index (χ3v) is 3.35. The SMILES string of the molecule is CC(=O)c1ccc(-c2cccc(Br)c2C)o1. The van der Waals surface area contributed by atoms with Gasteiger partial charge < -0.3 is 4.42 Å². The Morgan fingerprint density at radius 3 is 2.62 bits per heavy atom. The lowest BCUT2D eigenvalue weighted by molar-refractivity contribution is 0.0988. The van der Waals surface area contributed by atoms with Gasteiger partial charge in [0, 0.05) is 17.0 Å². The Bertz CT molecular complexity index is 541. The van der Waals surface area contributed by atoms with E-state index in [1.165, 1.54) is 6.92 Å². The minimum absolute atomic E-state index is 0.0566. The molecular weight excluding hydrogens is 268 g/mol. The van der Waals surface area contributed by atoms with Crippen molar-refractivity contribution < 1.29 is 9.21 Å². The van der Waals surface area contributed by atoms with Crippen LogP contribution in [0.1, 0.15) is 23.0 Å². The molecule has 0 radical (unpaired) electrons. The summed E-state index contributed by atoms with van der Waals surface area (Å²) in [6, 6.07) is 9.43. The minimum atomic E-state index is -0.0566. The third kappa shape index (κ3) is 1.95. The fourth-order valence-corrected chi connectivity index (χ4v) is 1.91. The topological polar surface area (TPSA) is 30.2 Å². The number of benzene rings is 1. The number of Topliss-reactive ketones (excluding diaryl/α,β-unsaturated/α-hetero) is 1. The maximum atomic E-state index is 11.1. The Labute approximate surface area is 102 Å². The first kappa shape index (κ1) is 11.1. The van der Waals surface area contributed by atoms with Gasteiger partial charge in [0.1, 0.15) is 5.76 Å². The molecule has 82 valence electrons. The van der Waals surface area contributed by atoms with Crippen molar-refractivity contribution >= 4 is 21.7 Å². The summed E-state index contributed by atoms with van der Waals surface area (Å²) in [7, 11) is 0. The number of carbonyl (C=O) groups excluding carboxylic acids is 1. The minimum Gasteiger partial charge on any atom is -0.453 e. The highest BCUT2D eigenvalue weighted by atomic mass is 79.9. The lowest BCUT2D eigenvalue weighted by atomic mass is 10.1. The summed E-state index contributed by atoms with van der Waals surface area (Å²) >= 11 is 3.47. The molecule has 2 rings (SSSR count). The first-order valence-corrected chi connectivity index (χ1v) is 5.75. The van der Waals surface area contributed by atoms with E-state index in [0.717, 1.165) is 21.4 Å². The highest BCUT2D eigenvalue weighted by Crippen LogP contribution is 2.29. The van der Waals surface area contributed by atoms with E-state index in [1.54, 1.807) is 6.07 Å².